The van der Waals surface area contributed by atoms with Crippen molar-refractivity contribution in [3.63, 3.8) is 0 Å². The monoisotopic (exact) mass is 322 g/mol. The number of carbonyl (C=O) groups excluding carboxylic acids is 1. The molecule has 124 valence electrons. The van der Waals surface area contributed by atoms with Crippen LogP contribution in [0.4, 0.5) is 5.69 Å². The van der Waals surface area contributed by atoms with Crippen molar-refractivity contribution in [2.45, 2.75) is 44.2 Å². The van der Waals surface area contributed by atoms with Crippen LogP contribution in [0.1, 0.15) is 42.5 Å². The molecule has 2 atom stereocenters. The Labute approximate surface area is 142 Å². The molecule has 5 nitrogen and oxygen atoms in total. The Kier molecular flexibility index (Phi) is 3.84. The molecule has 2 aromatic rings. The van der Waals surface area contributed by atoms with Gasteiger partial charge in [0.2, 0.25) is 0 Å². The van der Waals surface area contributed by atoms with Crippen molar-refractivity contribution in [1.82, 2.24) is 14.6 Å². The van der Waals surface area contributed by atoms with Gasteiger partial charge in [0.1, 0.15) is 6.33 Å². The average Bonchev–Trinajstić information content (AvgIpc) is 3.07. The van der Waals surface area contributed by atoms with Crippen molar-refractivity contribution in [1.29, 1.82) is 0 Å². The molecule has 2 saturated heterocycles. The number of aromatic nitrogens is 2. The molecule has 1 N–H and O–H groups in total. The predicted octanol–water partition coefficient (Wildman–Crippen LogP) is 3.47. The summed E-state index contributed by atoms with van der Waals surface area (Å²) < 4.78 is 1.78. The Morgan fingerprint density at radius 3 is 2.50 bits per heavy atom. The maximum atomic E-state index is 13.0. The largest absolute Gasteiger partial charge is 0.332 e. The van der Waals surface area contributed by atoms with Crippen LogP contribution in [0.25, 0.3) is 0 Å². The van der Waals surface area contributed by atoms with Crippen LogP contribution in [0.5, 0.6) is 0 Å². The fourth-order valence-electron chi connectivity index (χ4n) is 3.96. The zero-order chi connectivity index (χ0) is 16.5. The lowest BCUT2D eigenvalue weighted by Gasteiger charge is -2.47. The molecular weight excluding hydrogens is 300 g/mol. The summed E-state index contributed by atoms with van der Waals surface area (Å²) in [5, 5.41) is 0. The lowest BCUT2D eigenvalue weighted by atomic mass is 9.82. The minimum absolute atomic E-state index is 0.159. The van der Waals surface area contributed by atoms with E-state index in [0.29, 0.717) is 12.1 Å². The SMILES string of the molecule is C=C1CC2CCCC(C1)N2C(=O)c1ccc(Nn2ccnc2)cc1. The van der Waals surface area contributed by atoms with Crippen molar-refractivity contribution in [3.05, 3.63) is 60.7 Å². The second kappa shape index (κ2) is 6.15. The highest BCUT2D eigenvalue weighted by Crippen LogP contribution is 2.37. The van der Waals surface area contributed by atoms with Gasteiger partial charge in [-0.2, -0.15) is 0 Å². The highest BCUT2D eigenvalue weighted by atomic mass is 16.2. The number of nitrogens with zero attached hydrogens (tertiary/aromatic N) is 3. The van der Waals surface area contributed by atoms with E-state index in [1.807, 2.05) is 30.5 Å². The van der Waals surface area contributed by atoms with Crippen molar-refractivity contribution in [3.8, 4) is 0 Å². The average molecular weight is 322 g/mol. The quantitative estimate of drug-likeness (QED) is 0.880. The summed E-state index contributed by atoms with van der Waals surface area (Å²) >= 11 is 0. The van der Waals surface area contributed by atoms with Crippen LogP contribution >= 0.6 is 0 Å². The molecule has 0 spiro atoms. The number of imidazole rings is 1. The zero-order valence-electron chi connectivity index (χ0n) is 13.7. The Balaban J connectivity index is 1.51. The molecule has 4 rings (SSSR count). The molecule has 1 amide bonds. The zero-order valence-corrected chi connectivity index (χ0v) is 13.7. The number of hydrogen-bond acceptors (Lipinski definition) is 3. The summed E-state index contributed by atoms with van der Waals surface area (Å²) in [6, 6.07) is 8.35. The van der Waals surface area contributed by atoms with Crippen molar-refractivity contribution < 1.29 is 4.79 Å². The summed E-state index contributed by atoms with van der Waals surface area (Å²) in [4.78, 5) is 19.1. The van der Waals surface area contributed by atoms with E-state index >= 15 is 0 Å². The number of piperidine rings is 2. The minimum atomic E-state index is 0.159. The number of fused-ring (bicyclic) bond motifs is 2. The van der Waals surface area contributed by atoms with Crippen molar-refractivity contribution >= 4 is 11.6 Å². The van der Waals surface area contributed by atoms with Gasteiger partial charge < -0.3 is 4.90 Å². The predicted molar refractivity (Wildman–Crippen MR) is 93.7 cm³/mol. The molecular formula is C19H22N4O. The van der Waals surface area contributed by atoms with Gasteiger partial charge in [-0.1, -0.05) is 12.2 Å². The topological polar surface area (TPSA) is 50.2 Å². The molecule has 5 heteroatoms. The second-order valence-electron chi connectivity index (χ2n) is 6.77. The van der Waals surface area contributed by atoms with Crippen LogP contribution in [0, 0.1) is 0 Å². The van der Waals surface area contributed by atoms with Crippen LogP contribution in [-0.4, -0.2) is 32.6 Å². The van der Waals surface area contributed by atoms with E-state index < -0.39 is 0 Å². The summed E-state index contributed by atoms with van der Waals surface area (Å²) in [5.41, 5.74) is 6.18. The molecule has 2 bridgehead atoms. The number of carbonyl (C=O) groups is 1. The molecule has 0 aliphatic carbocycles. The van der Waals surface area contributed by atoms with Gasteiger partial charge in [-0.3, -0.25) is 14.9 Å². The fraction of sp³-hybridized carbons (Fsp3) is 0.368. The van der Waals surface area contributed by atoms with Crippen molar-refractivity contribution in [2.75, 3.05) is 5.43 Å². The van der Waals surface area contributed by atoms with Crippen LogP contribution < -0.4 is 5.43 Å². The van der Waals surface area contributed by atoms with E-state index in [9.17, 15) is 4.79 Å². The third kappa shape index (κ3) is 2.82. The highest BCUT2D eigenvalue weighted by Gasteiger charge is 2.38. The van der Waals surface area contributed by atoms with Crippen LogP contribution in [0.2, 0.25) is 0 Å². The lowest BCUT2D eigenvalue weighted by molar-refractivity contribution is 0.0376. The Bertz CT molecular complexity index is 719. The summed E-state index contributed by atoms with van der Waals surface area (Å²) in [5.74, 6) is 0.159. The van der Waals surface area contributed by atoms with Gasteiger partial charge in [-0.25, -0.2) is 4.98 Å². The van der Waals surface area contributed by atoms with Gasteiger partial charge in [0, 0.05) is 30.0 Å². The first-order chi connectivity index (χ1) is 11.7. The number of rotatable bonds is 3. The molecule has 2 unspecified atom stereocenters. The van der Waals surface area contributed by atoms with E-state index in [4.69, 9.17) is 0 Å². The van der Waals surface area contributed by atoms with Gasteiger partial charge in [0.15, 0.2) is 0 Å². The number of hydrogen-bond donors (Lipinski definition) is 1. The molecule has 2 aliphatic heterocycles. The van der Waals surface area contributed by atoms with Gasteiger partial charge in [-0.15, -0.1) is 0 Å². The fourth-order valence-corrected chi connectivity index (χ4v) is 3.96. The first kappa shape index (κ1) is 15.0. The van der Waals surface area contributed by atoms with Gasteiger partial charge in [-0.05, 0) is 56.4 Å². The Morgan fingerprint density at radius 2 is 1.88 bits per heavy atom. The molecule has 3 heterocycles. The summed E-state index contributed by atoms with van der Waals surface area (Å²) in [6.07, 6.45) is 10.6. The van der Waals surface area contributed by atoms with Crippen molar-refractivity contribution in [2.24, 2.45) is 0 Å². The van der Waals surface area contributed by atoms with Crippen LogP contribution in [-0.2, 0) is 0 Å². The van der Waals surface area contributed by atoms with E-state index in [1.165, 1.54) is 12.0 Å². The maximum Gasteiger partial charge on any atom is 0.254 e. The molecule has 1 aromatic heterocycles. The van der Waals surface area contributed by atoms with Gasteiger partial charge in [0.25, 0.3) is 5.91 Å². The number of anilines is 1. The highest BCUT2D eigenvalue weighted by molar-refractivity contribution is 5.95. The van der Waals surface area contributed by atoms with E-state index in [-0.39, 0.29) is 5.91 Å². The maximum absolute atomic E-state index is 13.0. The molecule has 2 aliphatic rings. The first-order valence-electron chi connectivity index (χ1n) is 8.55. The molecule has 0 radical (unpaired) electrons. The number of nitrogens with one attached hydrogen (secondary N) is 1. The number of amides is 1. The van der Waals surface area contributed by atoms with E-state index in [2.05, 4.69) is 21.9 Å². The van der Waals surface area contributed by atoms with Crippen LogP contribution in [0.3, 0.4) is 0 Å². The minimum Gasteiger partial charge on any atom is -0.332 e. The van der Waals surface area contributed by atoms with E-state index in [0.717, 1.165) is 36.9 Å². The van der Waals surface area contributed by atoms with Crippen LogP contribution in [0.15, 0.2) is 55.1 Å². The number of benzene rings is 1. The Morgan fingerprint density at radius 1 is 1.17 bits per heavy atom. The van der Waals surface area contributed by atoms with Gasteiger partial charge in [0.05, 0.1) is 5.69 Å². The Hall–Kier alpha value is -2.56. The summed E-state index contributed by atoms with van der Waals surface area (Å²) in [7, 11) is 0. The third-order valence-corrected chi connectivity index (χ3v) is 5.04. The molecule has 2 fully saturated rings. The third-order valence-electron chi connectivity index (χ3n) is 5.04. The first-order valence-corrected chi connectivity index (χ1v) is 8.55. The molecule has 0 saturated carbocycles. The second-order valence-corrected chi connectivity index (χ2v) is 6.77. The standard InChI is InChI=1S/C19H22N4O/c1-14-11-17-3-2-4-18(12-14)23(17)19(24)15-5-7-16(8-6-15)21-22-10-9-20-13-22/h5-10,13,17-18,21H,1-4,11-12H2. The molecule has 1 aromatic carbocycles. The van der Waals surface area contributed by atoms with E-state index in [1.54, 1.807) is 17.2 Å². The summed E-state index contributed by atoms with van der Waals surface area (Å²) in [6.45, 7) is 4.16. The van der Waals surface area contributed by atoms with Gasteiger partial charge >= 0.3 is 0 Å². The smallest absolute Gasteiger partial charge is 0.254 e. The lowest BCUT2D eigenvalue weighted by Crippen LogP contribution is -2.53. The molecule has 24 heavy (non-hydrogen) atoms. The normalized spacial score (nSPS) is 23.2.